The minimum Gasteiger partial charge on any atom is -0.493 e. The molecule has 0 fully saturated rings. The summed E-state index contributed by atoms with van der Waals surface area (Å²) in [6.07, 6.45) is 3.36. The second-order valence-electron chi connectivity index (χ2n) is 7.17. The third-order valence-electron chi connectivity index (χ3n) is 4.41. The predicted octanol–water partition coefficient (Wildman–Crippen LogP) is 6.24. The zero-order valence-electron chi connectivity index (χ0n) is 17.4. The highest BCUT2D eigenvalue weighted by Gasteiger charge is 2.17. The van der Waals surface area contributed by atoms with Crippen molar-refractivity contribution in [2.75, 3.05) is 7.11 Å². The number of hydrogen-bond acceptors (Lipinski definition) is 3. The lowest BCUT2D eigenvalue weighted by atomic mass is 10.1. The van der Waals surface area contributed by atoms with Crippen molar-refractivity contribution in [1.82, 2.24) is 4.90 Å². The Kier molecular flexibility index (Phi) is 8.42. The van der Waals surface area contributed by atoms with Gasteiger partial charge in [-0.25, -0.2) is 0 Å². The lowest BCUT2D eigenvalue weighted by Crippen LogP contribution is -2.41. The second kappa shape index (κ2) is 10.6. The molecule has 29 heavy (non-hydrogen) atoms. The number of rotatable bonds is 8. The van der Waals surface area contributed by atoms with Gasteiger partial charge in [-0.2, -0.15) is 0 Å². The van der Waals surface area contributed by atoms with Crippen molar-refractivity contribution in [2.45, 2.75) is 46.4 Å². The Bertz CT molecular complexity index is 850. The van der Waals surface area contributed by atoms with Gasteiger partial charge in [0.05, 0.1) is 7.11 Å². The fourth-order valence-electron chi connectivity index (χ4n) is 3.09. The molecule has 2 rings (SSSR count). The summed E-state index contributed by atoms with van der Waals surface area (Å²) in [4.78, 5) is 14.3. The number of nitrogens with zero attached hydrogens (tertiary/aromatic N) is 1. The monoisotopic (exact) mass is 435 g/mol. The van der Waals surface area contributed by atoms with Crippen molar-refractivity contribution in [3.8, 4) is 11.5 Å². The van der Waals surface area contributed by atoms with E-state index in [0.717, 1.165) is 11.1 Å². The Balaban J connectivity index is 2.15. The van der Waals surface area contributed by atoms with Gasteiger partial charge >= 0.3 is 0 Å². The normalized spacial score (nSPS) is 11.3. The van der Waals surface area contributed by atoms with Crippen molar-refractivity contribution in [3.05, 3.63) is 63.6 Å². The SMILES string of the molecule is COc1cc(C=CC(=O)N(C(C)C)C(C)C)ccc1OCc1c(Cl)cccc1Cl. The molecule has 6 heteroatoms. The van der Waals surface area contributed by atoms with Gasteiger partial charge in [0.2, 0.25) is 5.91 Å². The third kappa shape index (κ3) is 6.15. The largest absolute Gasteiger partial charge is 0.493 e. The van der Waals surface area contributed by atoms with Gasteiger partial charge in [-0.1, -0.05) is 35.3 Å². The van der Waals surface area contributed by atoms with Crippen LogP contribution in [0.25, 0.3) is 6.08 Å². The predicted molar refractivity (Wildman–Crippen MR) is 120 cm³/mol. The van der Waals surface area contributed by atoms with Gasteiger partial charge in [0.25, 0.3) is 0 Å². The Morgan fingerprint density at radius 2 is 1.66 bits per heavy atom. The van der Waals surface area contributed by atoms with E-state index in [9.17, 15) is 4.79 Å². The molecule has 0 radical (unpaired) electrons. The van der Waals surface area contributed by atoms with Gasteiger partial charge in [0, 0.05) is 33.8 Å². The first-order valence-corrected chi connectivity index (χ1v) is 10.2. The maximum Gasteiger partial charge on any atom is 0.247 e. The van der Waals surface area contributed by atoms with Crippen molar-refractivity contribution < 1.29 is 14.3 Å². The molecule has 2 aromatic carbocycles. The van der Waals surface area contributed by atoms with Crippen LogP contribution in [0.2, 0.25) is 10.0 Å². The minimum atomic E-state index is -0.0253. The molecule has 0 atom stereocenters. The second-order valence-corrected chi connectivity index (χ2v) is 7.98. The Morgan fingerprint density at radius 1 is 1.03 bits per heavy atom. The molecule has 0 bridgehead atoms. The standard InChI is InChI=1S/C23H27Cl2NO3/c1-15(2)26(16(3)4)23(27)12-10-17-9-11-21(22(13-17)28-5)29-14-18-19(24)7-6-8-20(18)25/h6-13,15-16H,14H2,1-5H3. The van der Waals surface area contributed by atoms with E-state index < -0.39 is 0 Å². The number of benzene rings is 2. The van der Waals surface area contributed by atoms with E-state index in [1.807, 2.05) is 44.7 Å². The molecule has 156 valence electrons. The average molecular weight is 436 g/mol. The smallest absolute Gasteiger partial charge is 0.247 e. The molecule has 0 aliphatic carbocycles. The number of amides is 1. The van der Waals surface area contributed by atoms with Gasteiger partial charge in [0.1, 0.15) is 6.61 Å². The van der Waals surface area contributed by atoms with Crippen molar-refractivity contribution in [2.24, 2.45) is 0 Å². The molecular weight excluding hydrogens is 409 g/mol. The van der Waals surface area contributed by atoms with Crippen LogP contribution in [0.4, 0.5) is 0 Å². The highest BCUT2D eigenvalue weighted by Crippen LogP contribution is 2.31. The van der Waals surface area contributed by atoms with Crippen molar-refractivity contribution in [3.63, 3.8) is 0 Å². The number of halogens is 2. The Labute approximate surface area is 183 Å². The van der Waals surface area contributed by atoms with Gasteiger partial charge in [-0.05, 0) is 63.6 Å². The first kappa shape index (κ1) is 23.1. The summed E-state index contributed by atoms with van der Waals surface area (Å²) in [5.74, 6) is 1.10. The summed E-state index contributed by atoms with van der Waals surface area (Å²) in [6.45, 7) is 8.25. The van der Waals surface area contributed by atoms with E-state index in [4.69, 9.17) is 32.7 Å². The van der Waals surface area contributed by atoms with Crippen molar-refractivity contribution in [1.29, 1.82) is 0 Å². The molecule has 0 unspecified atom stereocenters. The molecule has 0 N–H and O–H groups in total. The van der Waals surface area contributed by atoms with Crippen LogP contribution in [0, 0.1) is 0 Å². The number of hydrogen-bond donors (Lipinski definition) is 0. The third-order valence-corrected chi connectivity index (χ3v) is 5.12. The van der Waals surface area contributed by atoms with E-state index in [0.29, 0.717) is 21.5 Å². The number of ether oxygens (including phenoxy) is 2. The molecule has 2 aromatic rings. The van der Waals surface area contributed by atoms with Gasteiger partial charge in [-0.3, -0.25) is 4.79 Å². The van der Waals surface area contributed by atoms with Crippen LogP contribution in [0.5, 0.6) is 11.5 Å². The zero-order valence-corrected chi connectivity index (χ0v) is 18.9. The Hall–Kier alpha value is -2.17. The van der Waals surface area contributed by atoms with Crippen LogP contribution in [-0.4, -0.2) is 30.0 Å². The molecule has 0 aliphatic rings. The van der Waals surface area contributed by atoms with Crippen LogP contribution in [-0.2, 0) is 11.4 Å². The molecule has 0 saturated carbocycles. The Morgan fingerprint density at radius 3 is 2.21 bits per heavy atom. The van der Waals surface area contributed by atoms with Crippen LogP contribution >= 0.6 is 23.2 Å². The first-order chi connectivity index (χ1) is 13.7. The molecule has 0 spiro atoms. The van der Waals surface area contributed by atoms with Crippen molar-refractivity contribution >= 4 is 35.2 Å². The van der Waals surface area contributed by atoms with Gasteiger partial charge < -0.3 is 14.4 Å². The minimum absolute atomic E-state index is 0.0253. The molecule has 0 saturated heterocycles. The van der Waals surface area contributed by atoms with Crippen LogP contribution in [0.3, 0.4) is 0 Å². The fourth-order valence-corrected chi connectivity index (χ4v) is 3.59. The van der Waals surface area contributed by atoms with Gasteiger partial charge in [0.15, 0.2) is 11.5 Å². The molecule has 0 aliphatic heterocycles. The summed E-state index contributed by atoms with van der Waals surface area (Å²) in [7, 11) is 1.57. The fraction of sp³-hybridized carbons (Fsp3) is 0.348. The summed E-state index contributed by atoms with van der Waals surface area (Å²) in [5, 5.41) is 1.10. The van der Waals surface area contributed by atoms with Crippen LogP contribution in [0.1, 0.15) is 38.8 Å². The van der Waals surface area contributed by atoms with Crippen LogP contribution in [0.15, 0.2) is 42.5 Å². The highest BCUT2D eigenvalue weighted by atomic mass is 35.5. The van der Waals surface area contributed by atoms with E-state index in [2.05, 4.69) is 0 Å². The summed E-state index contributed by atoms with van der Waals surface area (Å²) in [5.41, 5.74) is 1.56. The molecule has 4 nitrogen and oxygen atoms in total. The summed E-state index contributed by atoms with van der Waals surface area (Å²) in [6, 6.07) is 11.1. The first-order valence-electron chi connectivity index (χ1n) is 9.48. The molecule has 0 heterocycles. The molecular formula is C23H27Cl2NO3. The topological polar surface area (TPSA) is 38.8 Å². The molecule has 0 aromatic heterocycles. The number of carbonyl (C=O) groups is 1. The van der Waals surface area contributed by atoms with Crippen LogP contribution < -0.4 is 9.47 Å². The number of carbonyl (C=O) groups excluding carboxylic acids is 1. The average Bonchev–Trinajstić information content (AvgIpc) is 2.65. The lowest BCUT2D eigenvalue weighted by molar-refractivity contribution is -0.129. The maximum absolute atomic E-state index is 12.5. The van der Waals surface area contributed by atoms with E-state index in [1.165, 1.54) is 0 Å². The highest BCUT2D eigenvalue weighted by molar-refractivity contribution is 6.35. The molecule has 1 amide bonds. The van der Waals surface area contributed by atoms with E-state index in [-0.39, 0.29) is 24.6 Å². The number of methoxy groups -OCH3 is 1. The van der Waals surface area contributed by atoms with Gasteiger partial charge in [-0.15, -0.1) is 0 Å². The maximum atomic E-state index is 12.5. The van der Waals surface area contributed by atoms with E-state index in [1.54, 1.807) is 43.5 Å². The zero-order chi connectivity index (χ0) is 21.6. The van der Waals surface area contributed by atoms with E-state index >= 15 is 0 Å². The lowest BCUT2D eigenvalue weighted by Gasteiger charge is -2.29. The summed E-state index contributed by atoms with van der Waals surface area (Å²) >= 11 is 12.4. The summed E-state index contributed by atoms with van der Waals surface area (Å²) < 4.78 is 11.3. The quantitative estimate of drug-likeness (QED) is 0.460.